The first-order valence-electron chi connectivity index (χ1n) is 8.49. The number of carbonyl (C=O) groups is 2. The second kappa shape index (κ2) is 3.91. The maximum atomic E-state index is 12.6. The molecule has 0 aromatic heterocycles. The maximum absolute atomic E-state index is 12.6. The molecule has 3 heterocycles. The first-order valence-corrected chi connectivity index (χ1v) is 8.49. The van der Waals surface area contributed by atoms with Gasteiger partial charge in [0.25, 0.3) is 0 Å². The van der Waals surface area contributed by atoms with E-state index in [1.54, 1.807) is 0 Å². The summed E-state index contributed by atoms with van der Waals surface area (Å²) in [6, 6.07) is 0. The van der Waals surface area contributed by atoms with Crippen LogP contribution in [0, 0.1) is 22.7 Å². The first kappa shape index (κ1) is 14.2. The molecule has 3 aliphatic heterocycles. The molecule has 0 N–H and O–H groups in total. The third kappa shape index (κ3) is 1.36. The van der Waals surface area contributed by atoms with Crippen molar-refractivity contribution < 1.29 is 28.5 Å². The molecule has 5 aliphatic rings. The van der Waals surface area contributed by atoms with Crippen LogP contribution in [-0.4, -0.2) is 43.1 Å². The van der Waals surface area contributed by atoms with Crippen molar-refractivity contribution in [3.63, 3.8) is 0 Å². The summed E-state index contributed by atoms with van der Waals surface area (Å²) in [7, 11) is 1.54. The highest BCUT2D eigenvalue weighted by atomic mass is 16.8. The highest BCUT2D eigenvalue weighted by Crippen LogP contribution is 2.73. The number of rotatable bonds is 1. The van der Waals surface area contributed by atoms with Crippen molar-refractivity contribution in [3.8, 4) is 0 Å². The second-order valence-corrected chi connectivity index (χ2v) is 8.33. The number of esters is 2. The number of methoxy groups -OCH3 is 1. The Hall–Kier alpha value is -1.14. The van der Waals surface area contributed by atoms with Crippen LogP contribution in [-0.2, 0) is 28.5 Å². The van der Waals surface area contributed by atoms with Gasteiger partial charge < -0.3 is 18.9 Å². The van der Waals surface area contributed by atoms with E-state index in [1.807, 2.05) is 6.92 Å². The Morgan fingerprint density at radius 1 is 1.17 bits per heavy atom. The molecular weight excluding hydrogens is 300 g/mol. The Morgan fingerprint density at radius 2 is 1.96 bits per heavy atom. The van der Waals surface area contributed by atoms with E-state index in [0.29, 0.717) is 6.42 Å². The highest BCUT2D eigenvalue weighted by molar-refractivity contribution is 5.80. The summed E-state index contributed by atoms with van der Waals surface area (Å²) in [5, 5.41) is 0. The Balaban J connectivity index is 1.67. The Bertz CT molecular complexity index is 618. The minimum atomic E-state index is -0.705. The number of carbonyl (C=O) groups excluding carboxylic acids is 2. The summed E-state index contributed by atoms with van der Waals surface area (Å²) in [6.07, 6.45) is 1.97. The molecule has 5 fully saturated rings. The van der Waals surface area contributed by atoms with Crippen LogP contribution in [0.4, 0.5) is 0 Å². The standard InChI is InChI=1S/C17H22O6/c1-15-5-4-6-16(2)11(15)10(22-13(16)19)12-17(23-12)8(15)7-9(18)21-14(17)20-3/h8,10-12,14H,4-7H2,1-3H3/t8-,10+,11-,12-,14+,15-,16+,17+/m1/s1. The van der Waals surface area contributed by atoms with Crippen molar-refractivity contribution in [2.45, 2.75) is 63.6 Å². The summed E-state index contributed by atoms with van der Waals surface area (Å²) in [4.78, 5) is 24.7. The van der Waals surface area contributed by atoms with Gasteiger partial charge in [0.1, 0.15) is 12.2 Å². The summed E-state index contributed by atoms with van der Waals surface area (Å²) in [5.74, 6) is -0.227. The average molecular weight is 322 g/mol. The van der Waals surface area contributed by atoms with E-state index < -0.39 is 17.3 Å². The minimum absolute atomic E-state index is 0.0153. The molecule has 2 aliphatic carbocycles. The third-order valence-electron chi connectivity index (χ3n) is 7.40. The predicted molar refractivity (Wildman–Crippen MR) is 76.0 cm³/mol. The minimum Gasteiger partial charge on any atom is -0.459 e. The van der Waals surface area contributed by atoms with Crippen LogP contribution < -0.4 is 0 Å². The molecule has 5 rings (SSSR count). The number of hydrogen-bond acceptors (Lipinski definition) is 6. The SMILES string of the molecule is CO[C@H]1OC(=O)C[C@@H]2[C@@]3(C)CCC[C@]4(C)C(=O)O[C@H]([C@H]5O[C@]152)[C@H]34. The zero-order valence-corrected chi connectivity index (χ0v) is 13.7. The van der Waals surface area contributed by atoms with E-state index in [4.69, 9.17) is 18.9 Å². The normalized spacial score (nSPS) is 59.3. The number of cyclic esters (lactones) is 1. The zero-order valence-electron chi connectivity index (χ0n) is 13.7. The Kier molecular flexibility index (Phi) is 2.42. The van der Waals surface area contributed by atoms with Gasteiger partial charge in [-0.3, -0.25) is 9.59 Å². The molecule has 1 spiro atoms. The van der Waals surface area contributed by atoms with Crippen molar-refractivity contribution in [2.75, 3.05) is 7.11 Å². The lowest BCUT2D eigenvalue weighted by Crippen LogP contribution is -2.64. The lowest BCUT2D eigenvalue weighted by Gasteiger charge is -2.56. The number of epoxide rings is 1. The molecule has 3 saturated heterocycles. The Morgan fingerprint density at radius 3 is 2.70 bits per heavy atom. The monoisotopic (exact) mass is 322 g/mol. The summed E-state index contributed by atoms with van der Waals surface area (Å²) in [6.45, 7) is 4.24. The van der Waals surface area contributed by atoms with Gasteiger partial charge in [0.2, 0.25) is 6.29 Å². The largest absolute Gasteiger partial charge is 0.459 e. The van der Waals surface area contributed by atoms with E-state index in [9.17, 15) is 9.59 Å². The number of fused-ring (bicyclic) bond motifs is 2. The van der Waals surface area contributed by atoms with Gasteiger partial charge in [-0.15, -0.1) is 0 Å². The zero-order chi connectivity index (χ0) is 16.2. The summed E-state index contributed by atoms with van der Waals surface area (Å²) < 4.78 is 22.8. The summed E-state index contributed by atoms with van der Waals surface area (Å²) >= 11 is 0. The van der Waals surface area contributed by atoms with Crippen LogP contribution in [0.1, 0.15) is 39.5 Å². The van der Waals surface area contributed by atoms with Crippen LogP contribution in [0.25, 0.3) is 0 Å². The predicted octanol–water partition coefficient (Wildman–Crippen LogP) is 1.41. The van der Waals surface area contributed by atoms with Gasteiger partial charge in [-0.2, -0.15) is 0 Å². The molecule has 126 valence electrons. The van der Waals surface area contributed by atoms with E-state index in [1.165, 1.54) is 7.11 Å². The fourth-order valence-electron chi connectivity index (χ4n) is 6.51. The van der Waals surface area contributed by atoms with E-state index >= 15 is 0 Å². The topological polar surface area (TPSA) is 74.4 Å². The van der Waals surface area contributed by atoms with E-state index in [2.05, 4.69) is 6.92 Å². The van der Waals surface area contributed by atoms with Crippen molar-refractivity contribution in [3.05, 3.63) is 0 Å². The Labute approximate surface area is 134 Å². The van der Waals surface area contributed by atoms with Crippen molar-refractivity contribution in [1.82, 2.24) is 0 Å². The molecule has 2 saturated carbocycles. The van der Waals surface area contributed by atoms with Gasteiger partial charge in [0, 0.05) is 18.9 Å². The molecular formula is C17H22O6. The van der Waals surface area contributed by atoms with Crippen molar-refractivity contribution >= 4 is 11.9 Å². The molecule has 23 heavy (non-hydrogen) atoms. The fourth-order valence-corrected chi connectivity index (χ4v) is 6.51. The lowest BCUT2D eigenvalue weighted by atomic mass is 9.45. The van der Waals surface area contributed by atoms with Crippen molar-refractivity contribution in [1.29, 1.82) is 0 Å². The average Bonchev–Trinajstić information content (AvgIpc) is 3.17. The quantitative estimate of drug-likeness (QED) is 0.537. The van der Waals surface area contributed by atoms with Gasteiger partial charge >= 0.3 is 11.9 Å². The molecule has 0 aromatic carbocycles. The summed E-state index contributed by atoms with van der Waals surface area (Å²) in [5.41, 5.74) is -1.27. The number of ether oxygens (including phenoxy) is 4. The molecule has 0 unspecified atom stereocenters. The van der Waals surface area contributed by atoms with Gasteiger partial charge in [0.05, 0.1) is 11.8 Å². The third-order valence-corrected chi connectivity index (χ3v) is 7.40. The van der Waals surface area contributed by atoms with Crippen molar-refractivity contribution in [2.24, 2.45) is 22.7 Å². The van der Waals surface area contributed by atoms with Gasteiger partial charge in [-0.05, 0) is 25.2 Å². The van der Waals surface area contributed by atoms with Crippen LogP contribution in [0.2, 0.25) is 0 Å². The number of hydrogen-bond donors (Lipinski definition) is 0. The van der Waals surface area contributed by atoms with Crippen LogP contribution in [0.5, 0.6) is 0 Å². The van der Waals surface area contributed by atoms with Gasteiger partial charge in [0.15, 0.2) is 5.60 Å². The van der Waals surface area contributed by atoms with Gasteiger partial charge in [-0.1, -0.05) is 13.3 Å². The molecule has 0 aromatic rings. The second-order valence-electron chi connectivity index (χ2n) is 8.33. The molecule has 6 nitrogen and oxygen atoms in total. The first-order chi connectivity index (χ1) is 10.9. The van der Waals surface area contributed by atoms with Crippen LogP contribution >= 0.6 is 0 Å². The van der Waals surface area contributed by atoms with Crippen LogP contribution in [0.3, 0.4) is 0 Å². The van der Waals surface area contributed by atoms with E-state index in [-0.39, 0.29) is 41.4 Å². The smallest absolute Gasteiger partial charge is 0.312 e. The highest BCUT2D eigenvalue weighted by Gasteiger charge is 2.85. The lowest BCUT2D eigenvalue weighted by molar-refractivity contribution is -0.231. The van der Waals surface area contributed by atoms with E-state index in [0.717, 1.165) is 19.3 Å². The van der Waals surface area contributed by atoms with Crippen LogP contribution in [0.15, 0.2) is 0 Å². The fraction of sp³-hybridized carbons (Fsp3) is 0.882. The molecule has 6 heteroatoms. The molecule has 0 amide bonds. The molecule has 0 bridgehead atoms. The molecule has 8 atom stereocenters. The van der Waals surface area contributed by atoms with Gasteiger partial charge in [-0.25, -0.2) is 0 Å². The maximum Gasteiger partial charge on any atom is 0.312 e. The molecule has 0 radical (unpaired) electrons.